The van der Waals surface area contributed by atoms with E-state index in [1.54, 1.807) is 25.4 Å². The molecule has 3 aromatic rings. The molecule has 0 radical (unpaired) electrons. The summed E-state index contributed by atoms with van der Waals surface area (Å²) in [5.74, 6) is 0.933. The van der Waals surface area contributed by atoms with Gasteiger partial charge in [-0.2, -0.15) is 0 Å². The van der Waals surface area contributed by atoms with Crippen LogP contribution in [0.4, 0.5) is 5.82 Å². The highest BCUT2D eigenvalue weighted by atomic mass is 31.0. The van der Waals surface area contributed by atoms with E-state index in [9.17, 15) is 9.90 Å². The number of nitrogens with one attached hydrogen (secondary N) is 1. The number of phenolic OH excluding ortho intramolecular Hbond substituents is 1. The first-order valence-electron chi connectivity index (χ1n) is 11.5. The standard InChI is InChI=1S/C26H34N5O2P/c1-25(2)13-18(14-26(3,4)29-25)31(6)22-9-8-19(27-28-22)24-20(32)11-17(12-21(24)34)16-7-10-23(33)30(5)15-16/h7-12,15,18,29,32H,13-14,34H2,1-6H3. The summed E-state index contributed by atoms with van der Waals surface area (Å²) < 4.78 is 1.52. The normalized spacial score (nSPS) is 17.5. The number of piperidine rings is 1. The molecule has 7 nitrogen and oxygen atoms in total. The topological polar surface area (TPSA) is 83.3 Å². The van der Waals surface area contributed by atoms with E-state index in [1.165, 1.54) is 10.6 Å². The molecule has 0 saturated carbocycles. The highest BCUT2D eigenvalue weighted by Gasteiger charge is 2.39. The molecular formula is C26H34N5O2P. The molecule has 1 saturated heterocycles. The zero-order valence-electron chi connectivity index (χ0n) is 20.8. The van der Waals surface area contributed by atoms with Crippen LogP contribution in [0.25, 0.3) is 22.4 Å². The van der Waals surface area contributed by atoms with Crippen molar-refractivity contribution in [3.05, 3.63) is 52.9 Å². The number of phenols is 1. The van der Waals surface area contributed by atoms with Gasteiger partial charge < -0.3 is 19.9 Å². The average molecular weight is 480 g/mol. The van der Waals surface area contributed by atoms with Crippen molar-refractivity contribution in [3.8, 4) is 28.1 Å². The SMILES string of the molecule is CN(c1ccc(-c2c(O)cc(-c3ccc(=O)n(C)c3)cc2P)nn1)C1CC(C)(C)NC(C)(C)C1. The molecule has 0 amide bonds. The van der Waals surface area contributed by atoms with Crippen LogP contribution >= 0.6 is 9.24 Å². The molecule has 1 atom stereocenters. The lowest BCUT2D eigenvalue weighted by Gasteiger charge is -2.49. The summed E-state index contributed by atoms with van der Waals surface area (Å²) in [6, 6.07) is 11.2. The summed E-state index contributed by atoms with van der Waals surface area (Å²) in [7, 11) is 6.46. The van der Waals surface area contributed by atoms with Gasteiger partial charge in [-0.05, 0) is 87.3 Å². The lowest BCUT2D eigenvalue weighted by molar-refractivity contribution is 0.160. The number of rotatable bonds is 4. The Morgan fingerprint density at radius 2 is 1.74 bits per heavy atom. The second-order valence-corrected chi connectivity index (χ2v) is 11.3. The zero-order chi connectivity index (χ0) is 24.8. The van der Waals surface area contributed by atoms with E-state index >= 15 is 0 Å². The molecule has 2 N–H and O–H groups in total. The summed E-state index contributed by atoms with van der Waals surface area (Å²) in [5, 5.41) is 24.3. The third-order valence-electron chi connectivity index (χ3n) is 6.55. The smallest absolute Gasteiger partial charge is 0.250 e. The van der Waals surface area contributed by atoms with Crippen LogP contribution in [-0.2, 0) is 7.05 Å². The maximum atomic E-state index is 11.7. The van der Waals surface area contributed by atoms with Gasteiger partial charge in [-0.3, -0.25) is 4.79 Å². The van der Waals surface area contributed by atoms with Crippen molar-refractivity contribution >= 4 is 20.4 Å². The third kappa shape index (κ3) is 5.01. The van der Waals surface area contributed by atoms with Crippen LogP contribution in [0.5, 0.6) is 5.75 Å². The second kappa shape index (κ2) is 8.79. The Bertz CT molecular complexity index is 1230. The summed E-state index contributed by atoms with van der Waals surface area (Å²) in [6.45, 7) is 8.97. The van der Waals surface area contributed by atoms with E-state index in [4.69, 9.17) is 0 Å². The van der Waals surface area contributed by atoms with Gasteiger partial charge in [-0.1, -0.05) is 0 Å². The molecule has 1 aliphatic heterocycles. The predicted molar refractivity (Wildman–Crippen MR) is 142 cm³/mol. The van der Waals surface area contributed by atoms with Crippen molar-refractivity contribution in [1.29, 1.82) is 0 Å². The maximum Gasteiger partial charge on any atom is 0.250 e. The van der Waals surface area contributed by atoms with Gasteiger partial charge in [0.2, 0.25) is 5.56 Å². The van der Waals surface area contributed by atoms with Crippen LogP contribution in [0.3, 0.4) is 0 Å². The molecule has 0 bridgehead atoms. The van der Waals surface area contributed by atoms with Gasteiger partial charge >= 0.3 is 0 Å². The van der Waals surface area contributed by atoms with E-state index in [0.29, 0.717) is 17.3 Å². The fourth-order valence-corrected chi connectivity index (χ4v) is 5.71. The highest BCUT2D eigenvalue weighted by Crippen LogP contribution is 2.34. The van der Waals surface area contributed by atoms with Crippen molar-refractivity contribution in [2.24, 2.45) is 7.05 Å². The molecular weight excluding hydrogens is 445 g/mol. The lowest BCUT2D eigenvalue weighted by atomic mass is 9.79. The van der Waals surface area contributed by atoms with Gasteiger partial charge in [0, 0.05) is 43.5 Å². The Balaban J connectivity index is 1.60. The minimum Gasteiger partial charge on any atom is -0.507 e. The number of aryl methyl sites for hydroxylation is 1. The van der Waals surface area contributed by atoms with Crippen LogP contribution in [0.2, 0.25) is 0 Å². The fraction of sp³-hybridized carbons (Fsp3) is 0.423. The van der Waals surface area contributed by atoms with Crippen LogP contribution < -0.4 is 21.1 Å². The summed E-state index contributed by atoms with van der Waals surface area (Å²) in [6.07, 6.45) is 3.79. The molecule has 1 unspecified atom stereocenters. The van der Waals surface area contributed by atoms with Crippen molar-refractivity contribution in [1.82, 2.24) is 20.1 Å². The first kappa shape index (κ1) is 24.4. The first-order valence-corrected chi connectivity index (χ1v) is 12.1. The monoisotopic (exact) mass is 479 g/mol. The predicted octanol–water partition coefficient (Wildman–Crippen LogP) is 3.46. The Kier molecular flexibility index (Phi) is 6.30. The minimum atomic E-state index is -0.0763. The Morgan fingerprint density at radius 3 is 2.29 bits per heavy atom. The molecule has 8 heteroatoms. The largest absolute Gasteiger partial charge is 0.507 e. The van der Waals surface area contributed by atoms with Crippen molar-refractivity contribution < 1.29 is 5.11 Å². The van der Waals surface area contributed by atoms with Crippen molar-refractivity contribution in [3.63, 3.8) is 0 Å². The number of aromatic nitrogens is 3. The van der Waals surface area contributed by atoms with Crippen LogP contribution in [-0.4, -0.2) is 44.0 Å². The van der Waals surface area contributed by atoms with Crippen LogP contribution in [0, 0.1) is 0 Å². The number of anilines is 1. The molecule has 0 spiro atoms. The number of hydrogen-bond acceptors (Lipinski definition) is 6. The molecule has 180 valence electrons. The first-order chi connectivity index (χ1) is 15.8. The molecule has 34 heavy (non-hydrogen) atoms. The Morgan fingerprint density at radius 1 is 1.06 bits per heavy atom. The third-order valence-corrected chi connectivity index (χ3v) is 7.01. The van der Waals surface area contributed by atoms with Gasteiger partial charge in [0.1, 0.15) is 5.75 Å². The van der Waals surface area contributed by atoms with Gasteiger partial charge in [0.25, 0.3) is 0 Å². The quantitative estimate of drug-likeness (QED) is 0.558. The molecule has 1 fully saturated rings. The lowest BCUT2D eigenvalue weighted by Crippen LogP contribution is -2.62. The van der Waals surface area contributed by atoms with E-state index in [0.717, 1.165) is 35.1 Å². The van der Waals surface area contributed by atoms with Crippen LogP contribution in [0.15, 0.2) is 47.4 Å². The molecule has 4 rings (SSSR count). The number of aromatic hydroxyl groups is 1. The van der Waals surface area contributed by atoms with E-state index in [1.807, 2.05) is 18.2 Å². The second-order valence-electron chi connectivity index (χ2n) is 10.7. The summed E-state index contributed by atoms with van der Waals surface area (Å²) in [5.41, 5.74) is 2.92. The number of pyridine rings is 1. The molecule has 1 aromatic carbocycles. The average Bonchev–Trinajstić information content (AvgIpc) is 2.73. The van der Waals surface area contributed by atoms with Crippen LogP contribution in [0.1, 0.15) is 40.5 Å². The molecule has 1 aliphatic rings. The Hall–Kier alpha value is -2.76. The zero-order valence-corrected chi connectivity index (χ0v) is 21.9. The van der Waals surface area contributed by atoms with Crippen molar-refractivity contribution in [2.45, 2.75) is 57.7 Å². The number of benzene rings is 1. The maximum absolute atomic E-state index is 11.7. The van der Waals surface area contributed by atoms with Gasteiger partial charge in [-0.25, -0.2) is 0 Å². The number of hydrogen-bond donors (Lipinski definition) is 2. The molecule has 2 aromatic heterocycles. The number of nitrogens with zero attached hydrogens (tertiary/aromatic N) is 4. The van der Waals surface area contributed by atoms with Gasteiger partial charge in [-0.15, -0.1) is 19.4 Å². The molecule has 0 aliphatic carbocycles. The van der Waals surface area contributed by atoms with E-state index < -0.39 is 0 Å². The highest BCUT2D eigenvalue weighted by molar-refractivity contribution is 7.28. The van der Waals surface area contributed by atoms with E-state index in [2.05, 4.69) is 64.4 Å². The molecule has 3 heterocycles. The minimum absolute atomic E-state index is 0.0426. The van der Waals surface area contributed by atoms with Gasteiger partial charge in [0.15, 0.2) is 5.82 Å². The Labute approximate surface area is 203 Å². The summed E-state index contributed by atoms with van der Waals surface area (Å²) >= 11 is 0. The van der Waals surface area contributed by atoms with Gasteiger partial charge in [0.05, 0.1) is 11.3 Å². The van der Waals surface area contributed by atoms with Crippen molar-refractivity contribution in [2.75, 3.05) is 11.9 Å². The van der Waals surface area contributed by atoms with E-state index in [-0.39, 0.29) is 22.4 Å². The fourth-order valence-electron chi connectivity index (χ4n) is 5.24. The summed E-state index contributed by atoms with van der Waals surface area (Å²) in [4.78, 5) is 13.9.